The fourth-order valence-electron chi connectivity index (χ4n) is 1.57. The lowest BCUT2D eigenvalue weighted by atomic mass is 10.2. The lowest BCUT2D eigenvalue weighted by Gasteiger charge is -2.07. The minimum Gasteiger partial charge on any atom is -0.462 e. The van der Waals surface area contributed by atoms with E-state index in [-0.39, 0.29) is 12.6 Å². The standard InChI is InChI=1S/C13H20N2O3/c1-10-12(8-11(14)9-15-10)13(17)18-7-5-3-2-4-6-16/h8-9,16H,2-7,14H2,1H3. The summed E-state index contributed by atoms with van der Waals surface area (Å²) in [6.45, 7) is 2.35. The van der Waals surface area contributed by atoms with Crippen molar-refractivity contribution in [3.63, 3.8) is 0 Å². The molecule has 0 aromatic carbocycles. The molecule has 0 aliphatic rings. The van der Waals surface area contributed by atoms with Crippen LogP contribution in [0.4, 0.5) is 5.69 Å². The van der Waals surface area contributed by atoms with Gasteiger partial charge >= 0.3 is 5.97 Å². The van der Waals surface area contributed by atoms with Crippen molar-refractivity contribution < 1.29 is 14.6 Å². The fraction of sp³-hybridized carbons (Fsp3) is 0.538. The molecule has 0 saturated heterocycles. The Labute approximate surface area is 107 Å². The van der Waals surface area contributed by atoms with Crippen LogP contribution in [0.15, 0.2) is 12.3 Å². The van der Waals surface area contributed by atoms with Gasteiger partial charge < -0.3 is 15.6 Å². The molecule has 0 radical (unpaired) electrons. The van der Waals surface area contributed by atoms with E-state index in [2.05, 4.69) is 4.98 Å². The summed E-state index contributed by atoms with van der Waals surface area (Å²) in [6, 6.07) is 1.58. The number of hydrogen-bond donors (Lipinski definition) is 2. The van der Waals surface area contributed by atoms with Crippen LogP contribution in [-0.4, -0.2) is 29.3 Å². The van der Waals surface area contributed by atoms with Gasteiger partial charge in [-0.25, -0.2) is 4.79 Å². The first kappa shape index (κ1) is 14.4. The van der Waals surface area contributed by atoms with Gasteiger partial charge in [0.2, 0.25) is 0 Å². The van der Waals surface area contributed by atoms with Crippen LogP contribution in [-0.2, 0) is 4.74 Å². The number of nitrogen functional groups attached to an aromatic ring is 1. The third-order valence-corrected chi connectivity index (χ3v) is 2.61. The van der Waals surface area contributed by atoms with Crippen molar-refractivity contribution in [3.8, 4) is 0 Å². The van der Waals surface area contributed by atoms with Crippen molar-refractivity contribution in [2.45, 2.75) is 32.6 Å². The number of aryl methyl sites for hydroxylation is 1. The van der Waals surface area contributed by atoms with Crippen LogP contribution in [0.5, 0.6) is 0 Å². The summed E-state index contributed by atoms with van der Waals surface area (Å²) < 4.78 is 5.15. The molecule has 1 aromatic heterocycles. The highest BCUT2D eigenvalue weighted by molar-refractivity contribution is 5.91. The minimum atomic E-state index is -0.380. The molecule has 0 aliphatic heterocycles. The number of esters is 1. The maximum Gasteiger partial charge on any atom is 0.340 e. The van der Waals surface area contributed by atoms with E-state index in [9.17, 15) is 4.79 Å². The van der Waals surface area contributed by atoms with Crippen molar-refractivity contribution in [2.24, 2.45) is 0 Å². The number of unbranched alkanes of at least 4 members (excludes halogenated alkanes) is 3. The molecule has 3 N–H and O–H groups in total. The zero-order chi connectivity index (χ0) is 13.4. The number of anilines is 1. The summed E-state index contributed by atoms with van der Waals surface area (Å²) in [5, 5.41) is 8.61. The van der Waals surface area contributed by atoms with E-state index in [1.807, 2.05) is 0 Å². The molecule has 0 atom stereocenters. The van der Waals surface area contributed by atoms with Crippen molar-refractivity contribution in [1.82, 2.24) is 4.98 Å². The molecule has 100 valence electrons. The first-order valence-electron chi connectivity index (χ1n) is 6.15. The Morgan fingerprint density at radius 2 is 2.11 bits per heavy atom. The molecule has 5 heteroatoms. The predicted molar refractivity (Wildman–Crippen MR) is 69.2 cm³/mol. The second-order valence-electron chi connectivity index (χ2n) is 4.18. The van der Waals surface area contributed by atoms with Gasteiger partial charge in [0, 0.05) is 6.61 Å². The van der Waals surface area contributed by atoms with Crippen LogP contribution >= 0.6 is 0 Å². The average Bonchev–Trinajstić information content (AvgIpc) is 2.36. The first-order valence-corrected chi connectivity index (χ1v) is 6.15. The highest BCUT2D eigenvalue weighted by Gasteiger charge is 2.11. The summed E-state index contributed by atoms with van der Waals surface area (Å²) in [5.74, 6) is -0.380. The zero-order valence-electron chi connectivity index (χ0n) is 10.7. The topological polar surface area (TPSA) is 85.4 Å². The molecule has 0 amide bonds. The molecule has 1 aromatic rings. The largest absolute Gasteiger partial charge is 0.462 e. The Morgan fingerprint density at radius 3 is 2.83 bits per heavy atom. The summed E-state index contributed by atoms with van der Waals surface area (Å²) in [7, 11) is 0. The van der Waals surface area contributed by atoms with Crippen LogP contribution in [0.3, 0.4) is 0 Å². The van der Waals surface area contributed by atoms with E-state index in [1.54, 1.807) is 13.0 Å². The summed E-state index contributed by atoms with van der Waals surface area (Å²) in [4.78, 5) is 15.8. The number of hydrogen-bond acceptors (Lipinski definition) is 5. The second-order valence-corrected chi connectivity index (χ2v) is 4.18. The molecule has 0 bridgehead atoms. The monoisotopic (exact) mass is 252 g/mol. The van der Waals surface area contributed by atoms with E-state index in [0.717, 1.165) is 25.7 Å². The van der Waals surface area contributed by atoms with E-state index >= 15 is 0 Å². The predicted octanol–water partition coefficient (Wildman–Crippen LogP) is 1.68. The number of nitrogens with two attached hydrogens (primary N) is 1. The van der Waals surface area contributed by atoms with Gasteiger partial charge in [-0.15, -0.1) is 0 Å². The van der Waals surface area contributed by atoms with E-state index in [4.69, 9.17) is 15.6 Å². The van der Waals surface area contributed by atoms with Crippen LogP contribution in [0.2, 0.25) is 0 Å². The van der Waals surface area contributed by atoms with Crippen LogP contribution in [0.25, 0.3) is 0 Å². The third-order valence-electron chi connectivity index (χ3n) is 2.61. The molecular weight excluding hydrogens is 232 g/mol. The maximum atomic E-state index is 11.7. The molecule has 5 nitrogen and oxygen atoms in total. The highest BCUT2D eigenvalue weighted by Crippen LogP contribution is 2.11. The van der Waals surface area contributed by atoms with Gasteiger partial charge in [0.05, 0.1) is 29.7 Å². The number of aliphatic hydroxyl groups excluding tert-OH is 1. The fourth-order valence-corrected chi connectivity index (χ4v) is 1.57. The number of nitrogens with zero attached hydrogens (tertiary/aromatic N) is 1. The van der Waals surface area contributed by atoms with E-state index in [1.165, 1.54) is 6.20 Å². The van der Waals surface area contributed by atoms with Crippen LogP contribution in [0.1, 0.15) is 41.7 Å². The van der Waals surface area contributed by atoms with Crippen LogP contribution in [0, 0.1) is 6.92 Å². The SMILES string of the molecule is Cc1ncc(N)cc1C(=O)OCCCCCCO. The summed E-state index contributed by atoms with van der Waals surface area (Å²) >= 11 is 0. The number of carbonyl (C=O) groups excluding carboxylic acids is 1. The number of rotatable bonds is 7. The Bertz CT molecular complexity index is 394. The molecule has 18 heavy (non-hydrogen) atoms. The lowest BCUT2D eigenvalue weighted by Crippen LogP contribution is -2.10. The summed E-state index contributed by atoms with van der Waals surface area (Å²) in [5.41, 5.74) is 7.08. The Morgan fingerprint density at radius 1 is 1.39 bits per heavy atom. The number of ether oxygens (including phenoxy) is 1. The number of aliphatic hydroxyl groups is 1. The number of pyridine rings is 1. The van der Waals surface area contributed by atoms with E-state index < -0.39 is 0 Å². The van der Waals surface area contributed by atoms with Crippen molar-refractivity contribution in [3.05, 3.63) is 23.5 Å². The smallest absolute Gasteiger partial charge is 0.340 e. The molecule has 0 unspecified atom stereocenters. The maximum absolute atomic E-state index is 11.7. The van der Waals surface area contributed by atoms with Gasteiger partial charge in [-0.05, 0) is 32.3 Å². The molecule has 0 aliphatic carbocycles. The first-order chi connectivity index (χ1) is 8.65. The van der Waals surface area contributed by atoms with Crippen molar-refractivity contribution in [1.29, 1.82) is 0 Å². The molecule has 1 heterocycles. The Kier molecular flexibility index (Phi) is 6.14. The molecular formula is C13H20N2O3. The van der Waals surface area contributed by atoms with Gasteiger partial charge in [0.15, 0.2) is 0 Å². The quantitative estimate of drug-likeness (QED) is 0.569. The highest BCUT2D eigenvalue weighted by atomic mass is 16.5. The number of aromatic nitrogens is 1. The summed E-state index contributed by atoms with van der Waals surface area (Å²) in [6.07, 6.45) is 5.02. The van der Waals surface area contributed by atoms with Crippen molar-refractivity contribution in [2.75, 3.05) is 18.9 Å². The van der Waals surface area contributed by atoms with Gasteiger partial charge in [-0.3, -0.25) is 4.98 Å². The minimum absolute atomic E-state index is 0.216. The van der Waals surface area contributed by atoms with Gasteiger partial charge in [-0.2, -0.15) is 0 Å². The number of carbonyl (C=O) groups is 1. The average molecular weight is 252 g/mol. The zero-order valence-corrected chi connectivity index (χ0v) is 10.7. The van der Waals surface area contributed by atoms with Gasteiger partial charge in [-0.1, -0.05) is 6.42 Å². The van der Waals surface area contributed by atoms with E-state index in [0.29, 0.717) is 23.6 Å². The second kappa shape index (κ2) is 7.66. The molecule has 0 spiro atoms. The third kappa shape index (κ3) is 4.71. The van der Waals surface area contributed by atoms with Crippen LogP contribution < -0.4 is 5.73 Å². The van der Waals surface area contributed by atoms with Gasteiger partial charge in [0.1, 0.15) is 0 Å². The Hall–Kier alpha value is -1.62. The normalized spacial score (nSPS) is 10.3. The Balaban J connectivity index is 2.34. The lowest BCUT2D eigenvalue weighted by molar-refractivity contribution is 0.0496. The molecule has 0 fully saturated rings. The molecule has 0 saturated carbocycles. The van der Waals surface area contributed by atoms with Gasteiger partial charge in [0.25, 0.3) is 0 Å². The van der Waals surface area contributed by atoms with Crippen molar-refractivity contribution >= 4 is 11.7 Å². The molecule has 1 rings (SSSR count).